The van der Waals surface area contributed by atoms with E-state index in [0.29, 0.717) is 12.4 Å². The zero-order chi connectivity index (χ0) is 17.8. The van der Waals surface area contributed by atoms with Gasteiger partial charge in [0.1, 0.15) is 17.3 Å². The van der Waals surface area contributed by atoms with E-state index in [0.717, 1.165) is 23.4 Å². The van der Waals surface area contributed by atoms with Gasteiger partial charge in [0.2, 0.25) is 5.95 Å². The van der Waals surface area contributed by atoms with Gasteiger partial charge in [-0.25, -0.2) is 8.78 Å². The lowest BCUT2D eigenvalue weighted by Gasteiger charge is -2.22. The van der Waals surface area contributed by atoms with E-state index < -0.39 is 11.6 Å². The number of benzene rings is 2. The Morgan fingerprint density at radius 1 is 1.08 bits per heavy atom. The highest BCUT2D eigenvalue weighted by molar-refractivity contribution is 5.62. The maximum absolute atomic E-state index is 13.8. The molecule has 25 heavy (non-hydrogen) atoms. The number of nitrogens with one attached hydrogen (secondary N) is 1. The molecular weight excluding hydrogens is 324 g/mol. The summed E-state index contributed by atoms with van der Waals surface area (Å²) in [5.74, 6) is -0.893. The molecule has 0 amide bonds. The van der Waals surface area contributed by atoms with Crippen molar-refractivity contribution in [1.82, 2.24) is 15.2 Å². The molecule has 0 aliphatic heterocycles. The molecular formula is C18H17F2N5. The largest absolute Gasteiger partial charge is 0.325 e. The Morgan fingerprint density at radius 3 is 2.48 bits per heavy atom. The van der Waals surface area contributed by atoms with Crippen molar-refractivity contribution in [3.63, 3.8) is 0 Å². The summed E-state index contributed by atoms with van der Waals surface area (Å²) in [5.41, 5.74) is 1.76. The molecule has 0 bridgehead atoms. The quantitative estimate of drug-likeness (QED) is 0.747. The smallest absolute Gasteiger partial charge is 0.249 e. The molecule has 2 aromatic carbocycles. The van der Waals surface area contributed by atoms with Crippen LogP contribution in [0.3, 0.4) is 0 Å². The van der Waals surface area contributed by atoms with E-state index >= 15 is 0 Å². The van der Waals surface area contributed by atoms with E-state index in [2.05, 4.69) is 20.5 Å². The van der Waals surface area contributed by atoms with Crippen LogP contribution in [0, 0.1) is 18.6 Å². The summed E-state index contributed by atoms with van der Waals surface area (Å²) in [6.07, 6.45) is 1.51. The van der Waals surface area contributed by atoms with Crippen LogP contribution in [0.4, 0.5) is 31.9 Å². The monoisotopic (exact) mass is 341 g/mol. The third-order valence-electron chi connectivity index (χ3n) is 3.65. The highest BCUT2D eigenvalue weighted by Crippen LogP contribution is 2.25. The van der Waals surface area contributed by atoms with E-state index in [4.69, 9.17) is 0 Å². The minimum atomic E-state index is -0.722. The Kier molecular flexibility index (Phi) is 4.83. The summed E-state index contributed by atoms with van der Waals surface area (Å²) in [6, 6.07) is 11.6. The van der Waals surface area contributed by atoms with Crippen LogP contribution in [-0.4, -0.2) is 21.7 Å². The predicted octanol–water partition coefficient (Wildman–Crippen LogP) is 4.36. The van der Waals surface area contributed by atoms with E-state index in [1.165, 1.54) is 12.3 Å². The van der Waals surface area contributed by atoms with Crippen molar-refractivity contribution in [1.29, 1.82) is 0 Å². The van der Waals surface area contributed by atoms with Crippen LogP contribution in [0.5, 0.6) is 0 Å². The minimum Gasteiger partial charge on any atom is -0.325 e. The Hall–Kier alpha value is -3.09. The van der Waals surface area contributed by atoms with Crippen molar-refractivity contribution in [2.45, 2.75) is 13.8 Å². The summed E-state index contributed by atoms with van der Waals surface area (Å²) >= 11 is 0. The second-order valence-electron chi connectivity index (χ2n) is 5.44. The van der Waals surface area contributed by atoms with Gasteiger partial charge in [-0.3, -0.25) is 0 Å². The van der Waals surface area contributed by atoms with E-state index in [1.807, 2.05) is 43.0 Å². The Labute approximate surface area is 144 Å². The lowest BCUT2D eigenvalue weighted by atomic mass is 10.2. The number of hydrogen-bond donors (Lipinski definition) is 1. The molecule has 3 rings (SSSR count). The molecule has 1 N–H and O–H groups in total. The molecule has 0 radical (unpaired) electrons. The number of para-hydroxylation sites is 1. The average Bonchev–Trinajstić information content (AvgIpc) is 2.60. The van der Waals surface area contributed by atoms with Crippen LogP contribution in [0.25, 0.3) is 0 Å². The molecule has 5 nitrogen and oxygen atoms in total. The fourth-order valence-electron chi connectivity index (χ4n) is 2.48. The second-order valence-corrected chi connectivity index (χ2v) is 5.44. The van der Waals surface area contributed by atoms with Gasteiger partial charge in [0.25, 0.3) is 0 Å². The first kappa shape index (κ1) is 16.8. The standard InChI is InChI=1S/C18H17F2N5/c1-3-25(13-7-4-6-12(2)10-13)16-11-21-24-18(22-16)23-17-14(19)8-5-9-15(17)20/h4-11H,3H2,1-2H3,(H,22,23,24). The van der Waals surface area contributed by atoms with Crippen LogP contribution in [0.1, 0.15) is 12.5 Å². The summed E-state index contributed by atoms with van der Waals surface area (Å²) in [5, 5.41) is 10.3. The molecule has 0 unspecified atom stereocenters. The van der Waals surface area contributed by atoms with E-state index in [-0.39, 0.29) is 11.6 Å². The molecule has 0 aliphatic rings. The molecule has 3 aromatic rings. The second kappa shape index (κ2) is 7.21. The first-order valence-electron chi connectivity index (χ1n) is 7.83. The van der Waals surface area contributed by atoms with Crippen molar-refractivity contribution >= 4 is 23.1 Å². The molecule has 0 fully saturated rings. The molecule has 0 atom stereocenters. The van der Waals surface area contributed by atoms with E-state index in [9.17, 15) is 8.78 Å². The molecule has 1 heterocycles. The molecule has 0 aliphatic carbocycles. The highest BCUT2D eigenvalue weighted by Gasteiger charge is 2.14. The number of nitrogens with zero attached hydrogens (tertiary/aromatic N) is 4. The third-order valence-corrected chi connectivity index (χ3v) is 3.65. The third kappa shape index (κ3) is 3.71. The predicted molar refractivity (Wildman–Crippen MR) is 93.3 cm³/mol. The number of rotatable bonds is 5. The summed E-state index contributed by atoms with van der Waals surface area (Å²) in [7, 11) is 0. The molecule has 7 heteroatoms. The number of halogens is 2. The Bertz CT molecular complexity index is 865. The maximum Gasteiger partial charge on any atom is 0.249 e. The SMILES string of the molecule is CCN(c1cccc(C)c1)c1cnnc(Nc2c(F)cccc2F)n1. The lowest BCUT2D eigenvalue weighted by Crippen LogP contribution is -2.18. The number of aromatic nitrogens is 3. The summed E-state index contributed by atoms with van der Waals surface area (Å²) < 4.78 is 27.6. The molecule has 1 aromatic heterocycles. The van der Waals surface area contributed by atoms with Crippen molar-refractivity contribution in [3.8, 4) is 0 Å². The highest BCUT2D eigenvalue weighted by atomic mass is 19.1. The van der Waals surface area contributed by atoms with Crippen LogP contribution >= 0.6 is 0 Å². The van der Waals surface area contributed by atoms with Crippen molar-refractivity contribution in [3.05, 3.63) is 65.9 Å². The molecule has 0 saturated heterocycles. The van der Waals surface area contributed by atoms with Crippen LogP contribution in [0.15, 0.2) is 48.7 Å². The van der Waals surface area contributed by atoms with Gasteiger partial charge < -0.3 is 10.2 Å². The lowest BCUT2D eigenvalue weighted by molar-refractivity contribution is 0.590. The van der Waals surface area contributed by atoms with Gasteiger partial charge in [0.15, 0.2) is 5.82 Å². The van der Waals surface area contributed by atoms with Gasteiger partial charge in [0, 0.05) is 12.2 Å². The average molecular weight is 341 g/mol. The normalized spacial score (nSPS) is 10.6. The zero-order valence-electron chi connectivity index (χ0n) is 13.9. The van der Waals surface area contributed by atoms with E-state index in [1.54, 1.807) is 0 Å². The van der Waals surface area contributed by atoms with Gasteiger partial charge in [-0.15, -0.1) is 5.10 Å². The Balaban J connectivity index is 1.93. The van der Waals surface area contributed by atoms with Gasteiger partial charge in [-0.1, -0.05) is 18.2 Å². The topological polar surface area (TPSA) is 53.9 Å². The fourth-order valence-corrected chi connectivity index (χ4v) is 2.48. The van der Waals surface area contributed by atoms with Crippen LogP contribution in [0.2, 0.25) is 0 Å². The van der Waals surface area contributed by atoms with Gasteiger partial charge >= 0.3 is 0 Å². The van der Waals surface area contributed by atoms with Crippen LogP contribution in [-0.2, 0) is 0 Å². The molecule has 128 valence electrons. The Morgan fingerprint density at radius 2 is 1.80 bits per heavy atom. The summed E-state index contributed by atoms with van der Waals surface area (Å²) in [4.78, 5) is 6.27. The van der Waals surface area contributed by atoms with Gasteiger partial charge in [-0.05, 0) is 43.7 Å². The summed E-state index contributed by atoms with van der Waals surface area (Å²) in [6.45, 7) is 4.63. The van der Waals surface area contributed by atoms with Gasteiger partial charge in [-0.2, -0.15) is 10.1 Å². The fraction of sp³-hybridized carbons (Fsp3) is 0.167. The van der Waals surface area contributed by atoms with Crippen molar-refractivity contribution in [2.75, 3.05) is 16.8 Å². The number of hydrogen-bond acceptors (Lipinski definition) is 5. The first-order chi connectivity index (χ1) is 12.1. The van der Waals surface area contributed by atoms with Crippen molar-refractivity contribution in [2.24, 2.45) is 0 Å². The number of aryl methyl sites for hydroxylation is 1. The van der Waals surface area contributed by atoms with Gasteiger partial charge in [0.05, 0.1) is 6.20 Å². The first-order valence-corrected chi connectivity index (χ1v) is 7.83. The van der Waals surface area contributed by atoms with Crippen LogP contribution < -0.4 is 10.2 Å². The van der Waals surface area contributed by atoms with Crippen molar-refractivity contribution < 1.29 is 8.78 Å². The molecule has 0 spiro atoms. The maximum atomic E-state index is 13.8. The molecule has 0 saturated carbocycles. The zero-order valence-corrected chi connectivity index (χ0v) is 13.9. The minimum absolute atomic E-state index is 0.0209. The number of anilines is 4.